The summed E-state index contributed by atoms with van der Waals surface area (Å²) in [5.74, 6) is 0. The molecule has 18 heavy (non-hydrogen) atoms. The van der Waals surface area contributed by atoms with Crippen molar-refractivity contribution in [2.75, 3.05) is 6.54 Å². The molecule has 0 heterocycles. The Morgan fingerprint density at radius 2 is 1.33 bits per heavy atom. The van der Waals surface area contributed by atoms with Gasteiger partial charge in [0.25, 0.3) is 0 Å². The van der Waals surface area contributed by atoms with Gasteiger partial charge in [0.15, 0.2) is 0 Å². The van der Waals surface area contributed by atoms with Gasteiger partial charge in [0, 0.05) is 11.4 Å². The molecule has 0 saturated heterocycles. The van der Waals surface area contributed by atoms with Crippen LogP contribution in [-0.4, -0.2) is 11.4 Å². The molecule has 1 N–H and O–H groups in total. The largest absolute Gasteiger partial charge is 0.305 e. The zero-order valence-electron chi connectivity index (χ0n) is 10.5. The fraction of sp³-hybridized carbons (Fsp3) is 0.250. The molecule has 2 rings (SSSR count). The Balaban J connectivity index is 2.24. The van der Waals surface area contributed by atoms with Crippen LogP contribution in [0, 0.1) is 0 Å². The van der Waals surface area contributed by atoms with Crippen LogP contribution in [0.2, 0.25) is 0 Å². The van der Waals surface area contributed by atoms with E-state index in [4.69, 9.17) is 0 Å². The molecule has 0 aliphatic heterocycles. The van der Waals surface area contributed by atoms with Gasteiger partial charge in [-0.2, -0.15) is 0 Å². The zero-order chi connectivity index (χ0) is 12.8. The third-order valence-electron chi connectivity index (χ3n) is 2.87. The van der Waals surface area contributed by atoms with Crippen LogP contribution >= 0.6 is 15.9 Å². The highest BCUT2D eigenvalue weighted by Gasteiger charge is 2.13. The number of alkyl halides is 1. The molecule has 0 fully saturated rings. The highest BCUT2D eigenvalue weighted by molar-refractivity contribution is 9.09. The van der Waals surface area contributed by atoms with Gasteiger partial charge in [0.05, 0.1) is 6.04 Å². The second kappa shape index (κ2) is 6.72. The Hall–Kier alpha value is -1.12. The molecule has 0 bridgehead atoms. The highest BCUT2D eigenvalue weighted by atomic mass is 79.9. The molecule has 0 aromatic heterocycles. The first-order valence-corrected chi connectivity index (χ1v) is 7.16. The van der Waals surface area contributed by atoms with Crippen molar-refractivity contribution in [1.29, 1.82) is 0 Å². The monoisotopic (exact) mass is 303 g/mol. The number of nitrogens with one attached hydrogen (secondary N) is 1. The Morgan fingerprint density at radius 1 is 0.889 bits per heavy atom. The van der Waals surface area contributed by atoms with Crippen molar-refractivity contribution in [3.8, 4) is 0 Å². The van der Waals surface area contributed by atoms with E-state index in [0.717, 1.165) is 6.54 Å². The van der Waals surface area contributed by atoms with Crippen molar-refractivity contribution in [1.82, 2.24) is 5.32 Å². The van der Waals surface area contributed by atoms with Crippen LogP contribution in [0.5, 0.6) is 0 Å². The lowest BCUT2D eigenvalue weighted by Gasteiger charge is -2.20. The summed E-state index contributed by atoms with van der Waals surface area (Å²) in [5.41, 5.74) is 2.61. The van der Waals surface area contributed by atoms with Crippen molar-refractivity contribution in [2.24, 2.45) is 0 Å². The molecular weight excluding hydrogens is 286 g/mol. The van der Waals surface area contributed by atoms with E-state index in [1.54, 1.807) is 0 Å². The molecule has 0 spiro atoms. The Labute approximate surface area is 117 Å². The predicted octanol–water partition coefficient (Wildman–Crippen LogP) is 4.15. The molecule has 2 heteroatoms. The quantitative estimate of drug-likeness (QED) is 0.818. The first-order valence-electron chi connectivity index (χ1n) is 6.24. The fourth-order valence-electron chi connectivity index (χ4n) is 2.00. The van der Waals surface area contributed by atoms with E-state index in [-0.39, 0.29) is 6.04 Å². The van der Waals surface area contributed by atoms with Gasteiger partial charge in [0.1, 0.15) is 0 Å². The molecule has 94 valence electrons. The van der Waals surface area contributed by atoms with Gasteiger partial charge in [-0.15, -0.1) is 0 Å². The van der Waals surface area contributed by atoms with Crippen LogP contribution < -0.4 is 5.32 Å². The highest BCUT2D eigenvalue weighted by Crippen LogP contribution is 2.21. The molecule has 1 unspecified atom stereocenters. The predicted molar refractivity (Wildman–Crippen MR) is 81.1 cm³/mol. The lowest BCUT2D eigenvalue weighted by Crippen LogP contribution is -2.27. The maximum atomic E-state index is 3.60. The van der Waals surface area contributed by atoms with Crippen molar-refractivity contribution in [3.63, 3.8) is 0 Å². The van der Waals surface area contributed by atoms with Gasteiger partial charge in [-0.05, 0) is 11.1 Å². The lowest BCUT2D eigenvalue weighted by atomic mass is 9.99. The van der Waals surface area contributed by atoms with Gasteiger partial charge in [-0.1, -0.05) is 83.5 Å². The molecule has 0 radical (unpaired) electrons. The van der Waals surface area contributed by atoms with Gasteiger partial charge in [-0.25, -0.2) is 0 Å². The van der Waals surface area contributed by atoms with Crippen molar-refractivity contribution in [3.05, 3.63) is 71.8 Å². The Morgan fingerprint density at radius 3 is 1.72 bits per heavy atom. The summed E-state index contributed by atoms with van der Waals surface area (Å²) < 4.78 is 0. The smallest absolute Gasteiger partial charge is 0.0577 e. The van der Waals surface area contributed by atoms with Gasteiger partial charge in [-0.3, -0.25) is 0 Å². The third-order valence-corrected chi connectivity index (χ3v) is 3.19. The van der Waals surface area contributed by atoms with Crippen LogP contribution in [0.3, 0.4) is 0 Å². The summed E-state index contributed by atoms with van der Waals surface area (Å²) in [6.07, 6.45) is 0. The average molecular weight is 304 g/mol. The summed E-state index contributed by atoms with van der Waals surface area (Å²) in [6, 6.07) is 21.4. The molecular formula is C16H18BrN. The van der Waals surface area contributed by atoms with Gasteiger partial charge >= 0.3 is 0 Å². The molecule has 1 atom stereocenters. The number of hydrogen-bond acceptors (Lipinski definition) is 1. The van der Waals surface area contributed by atoms with Gasteiger partial charge in [0.2, 0.25) is 0 Å². The molecule has 0 aliphatic rings. The second-order valence-corrected chi connectivity index (χ2v) is 6.01. The minimum absolute atomic E-state index is 0.257. The summed E-state index contributed by atoms with van der Waals surface area (Å²) in [5, 5.41) is 3.60. The van der Waals surface area contributed by atoms with E-state index < -0.39 is 0 Å². The fourth-order valence-corrected chi connectivity index (χ4v) is 2.19. The maximum absolute atomic E-state index is 3.60. The number of rotatable bonds is 5. The van der Waals surface area contributed by atoms with Crippen molar-refractivity contribution >= 4 is 15.9 Å². The lowest BCUT2D eigenvalue weighted by molar-refractivity contribution is 0.607. The topological polar surface area (TPSA) is 12.0 Å². The van der Waals surface area contributed by atoms with Crippen LogP contribution in [0.1, 0.15) is 24.1 Å². The molecule has 0 saturated carbocycles. The Kier molecular flexibility index (Phi) is 4.97. The Bertz CT molecular complexity index is 414. The first-order chi connectivity index (χ1) is 8.77. The van der Waals surface area contributed by atoms with E-state index in [2.05, 4.69) is 88.8 Å². The second-order valence-electron chi connectivity index (χ2n) is 4.44. The summed E-state index contributed by atoms with van der Waals surface area (Å²) in [7, 11) is 0. The number of benzene rings is 2. The SMILES string of the molecule is CC(Br)CNC(c1ccccc1)c1ccccc1. The minimum Gasteiger partial charge on any atom is -0.305 e. The van der Waals surface area contributed by atoms with Crippen LogP contribution in [0.4, 0.5) is 0 Å². The molecule has 2 aromatic carbocycles. The van der Waals surface area contributed by atoms with Crippen LogP contribution in [0.15, 0.2) is 60.7 Å². The molecule has 0 aliphatic carbocycles. The van der Waals surface area contributed by atoms with Crippen LogP contribution in [0.25, 0.3) is 0 Å². The first kappa shape index (κ1) is 13.3. The molecule has 0 amide bonds. The minimum atomic E-state index is 0.257. The summed E-state index contributed by atoms with van der Waals surface area (Å²) in [6.45, 7) is 3.09. The van der Waals surface area contributed by atoms with E-state index in [1.165, 1.54) is 11.1 Å². The average Bonchev–Trinajstić information content (AvgIpc) is 2.41. The van der Waals surface area contributed by atoms with E-state index >= 15 is 0 Å². The summed E-state index contributed by atoms with van der Waals surface area (Å²) in [4.78, 5) is 0.465. The van der Waals surface area contributed by atoms with Gasteiger partial charge < -0.3 is 5.32 Å². The van der Waals surface area contributed by atoms with Crippen molar-refractivity contribution < 1.29 is 0 Å². The van der Waals surface area contributed by atoms with Crippen molar-refractivity contribution in [2.45, 2.75) is 17.8 Å². The third kappa shape index (κ3) is 3.69. The number of halogens is 1. The summed E-state index contributed by atoms with van der Waals surface area (Å²) >= 11 is 3.59. The zero-order valence-corrected chi connectivity index (χ0v) is 12.1. The maximum Gasteiger partial charge on any atom is 0.0577 e. The molecule has 1 nitrogen and oxygen atoms in total. The normalized spacial score (nSPS) is 12.6. The van der Waals surface area contributed by atoms with E-state index in [1.807, 2.05) is 0 Å². The van der Waals surface area contributed by atoms with Crippen LogP contribution in [-0.2, 0) is 0 Å². The number of hydrogen-bond donors (Lipinski definition) is 1. The van der Waals surface area contributed by atoms with E-state index in [9.17, 15) is 0 Å². The molecule has 2 aromatic rings. The van der Waals surface area contributed by atoms with E-state index in [0.29, 0.717) is 4.83 Å². The standard InChI is InChI=1S/C16H18BrN/c1-13(17)12-18-16(14-8-4-2-5-9-14)15-10-6-3-7-11-15/h2-11,13,16,18H,12H2,1H3.